The van der Waals surface area contributed by atoms with Gasteiger partial charge in [0.05, 0.1) is 6.10 Å². The molecule has 0 amide bonds. The number of carbonyl (C=O) groups is 2. The maximum absolute atomic E-state index is 12.2. The van der Waals surface area contributed by atoms with Crippen LogP contribution in [-0.4, -0.2) is 23.0 Å². The van der Waals surface area contributed by atoms with E-state index in [0.29, 0.717) is 24.8 Å². The topological polar surface area (TPSA) is 63.6 Å². The molecule has 1 atom stereocenters. The lowest BCUT2D eigenvalue weighted by Gasteiger charge is -2.14. The lowest BCUT2D eigenvalue weighted by molar-refractivity contribution is -0.137. The molecule has 0 saturated carbocycles. The molecule has 2 rings (SSSR count). The predicted molar refractivity (Wildman–Crippen MR) is 99.4 cm³/mol. The van der Waals surface area contributed by atoms with E-state index in [1.807, 2.05) is 36.4 Å². The molecule has 134 valence electrons. The van der Waals surface area contributed by atoms with Gasteiger partial charge in [0.15, 0.2) is 5.78 Å². The monoisotopic (exact) mass is 342 g/mol. The van der Waals surface area contributed by atoms with E-state index >= 15 is 0 Å². The van der Waals surface area contributed by atoms with Crippen molar-refractivity contribution in [2.45, 2.75) is 58.5 Å². The summed E-state index contributed by atoms with van der Waals surface area (Å²) >= 11 is 0. The van der Waals surface area contributed by atoms with Crippen LogP contribution in [0.5, 0.6) is 5.75 Å². The molecule has 0 heterocycles. The van der Waals surface area contributed by atoms with Crippen LogP contribution >= 0.6 is 0 Å². The van der Waals surface area contributed by atoms with Crippen molar-refractivity contribution in [1.82, 2.24) is 0 Å². The van der Waals surface area contributed by atoms with Crippen molar-refractivity contribution in [1.29, 1.82) is 0 Å². The lowest BCUT2D eigenvalue weighted by atomic mass is 10.0. The van der Waals surface area contributed by atoms with E-state index in [1.54, 1.807) is 0 Å². The van der Waals surface area contributed by atoms with Gasteiger partial charge in [-0.05, 0) is 55.2 Å². The highest BCUT2D eigenvalue weighted by Crippen LogP contribution is 2.24. The van der Waals surface area contributed by atoms with Crippen LogP contribution in [0.3, 0.4) is 0 Å². The normalized spacial score (nSPS) is 12.1. The standard InChI is InChI=1S/C21H26O4/c1-3-6-15(2)25-19-12-11-16-13-18(10-9-17(16)14-19)20(22)7-4-5-8-21(23)24/h9-15H,3-8H2,1-2H3,(H,23,24). The molecule has 0 bridgehead atoms. The Balaban J connectivity index is 2.02. The van der Waals surface area contributed by atoms with Gasteiger partial charge >= 0.3 is 5.97 Å². The SMILES string of the molecule is CCCC(C)Oc1ccc2cc(C(=O)CCCCC(=O)O)ccc2c1. The summed E-state index contributed by atoms with van der Waals surface area (Å²) in [6.45, 7) is 4.21. The van der Waals surface area contributed by atoms with Gasteiger partial charge in [-0.3, -0.25) is 9.59 Å². The first-order valence-corrected chi connectivity index (χ1v) is 8.95. The summed E-state index contributed by atoms with van der Waals surface area (Å²) in [4.78, 5) is 22.7. The number of Topliss-reactive ketones (excluding diaryl/α,β-unsaturated/α-hetero) is 1. The Labute approximate surface area is 148 Å². The molecular formula is C21H26O4. The minimum atomic E-state index is -0.815. The maximum atomic E-state index is 12.2. The zero-order valence-electron chi connectivity index (χ0n) is 15.0. The highest BCUT2D eigenvalue weighted by molar-refractivity contribution is 6.00. The predicted octanol–water partition coefficient (Wildman–Crippen LogP) is 5.23. The number of unbranched alkanes of at least 4 members (excludes halogenated alkanes) is 1. The van der Waals surface area contributed by atoms with E-state index < -0.39 is 5.97 Å². The van der Waals surface area contributed by atoms with Crippen LogP contribution in [0, 0.1) is 0 Å². The van der Waals surface area contributed by atoms with Crippen molar-refractivity contribution in [2.75, 3.05) is 0 Å². The van der Waals surface area contributed by atoms with Crippen molar-refractivity contribution < 1.29 is 19.4 Å². The Morgan fingerprint density at radius 3 is 2.44 bits per heavy atom. The van der Waals surface area contributed by atoms with Gasteiger partial charge in [0.1, 0.15) is 5.75 Å². The molecule has 0 saturated heterocycles. The van der Waals surface area contributed by atoms with Crippen molar-refractivity contribution in [3.8, 4) is 5.75 Å². The van der Waals surface area contributed by atoms with E-state index in [4.69, 9.17) is 9.84 Å². The first-order chi connectivity index (χ1) is 12.0. The first kappa shape index (κ1) is 19.0. The molecule has 25 heavy (non-hydrogen) atoms. The van der Waals surface area contributed by atoms with Gasteiger partial charge in [-0.2, -0.15) is 0 Å². The summed E-state index contributed by atoms with van der Waals surface area (Å²) in [5, 5.41) is 10.7. The minimum Gasteiger partial charge on any atom is -0.491 e. The number of benzene rings is 2. The van der Waals surface area contributed by atoms with Gasteiger partial charge in [-0.1, -0.05) is 31.5 Å². The molecule has 0 fully saturated rings. The van der Waals surface area contributed by atoms with Crippen molar-refractivity contribution in [2.24, 2.45) is 0 Å². The molecule has 2 aromatic carbocycles. The quantitative estimate of drug-likeness (QED) is 0.474. The average Bonchev–Trinajstić information content (AvgIpc) is 2.58. The summed E-state index contributed by atoms with van der Waals surface area (Å²) < 4.78 is 5.91. The Hall–Kier alpha value is -2.36. The zero-order valence-corrected chi connectivity index (χ0v) is 15.0. The largest absolute Gasteiger partial charge is 0.491 e. The van der Waals surface area contributed by atoms with Gasteiger partial charge in [0.2, 0.25) is 0 Å². The number of carbonyl (C=O) groups excluding carboxylic acids is 1. The second kappa shape index (κ2) is 9.21. The fraction of sp³-hybridized carbons (Fsp3) is 0.429. The molecule has 2 aromatic rings. The zero-order chi connectivity index (χ0) is 18.2. The fourth-order valence-corrected chi connectivity index (χ4v) is 2.87. The van der Waals surface area contributed by atoms with Crippen molar-refractivity contribution in [3.63, 3.8) is 0 Å². The summed E-state index contributed by atoms with van der Waals surface area (Å²) in [7, 11) is 0. The third kappa shape index (κ3) is 5.89. The number of ketones is 1. The Bertz CT molecular complexity index is 736. The molecule has 0 aliphatic rings. The molecular weight excluding hydrogens is 316 g/mol. The van der Waals surface area contributed by atoms with E-state index in [-0.39, 0.29) is 18.3 Å². The average molecular weight is 342 g/mol. The Kier molecular flexibility index (Phi) is 6.99. The van der Waals surface area contributed by atoms with E-state index in [2.05, 4.69) is 13.8 Å². The van der Waals surface area contributed by atoms with Crippen molar-refractivity contribution in [3.05, 3.63) is 42.0 Å². The molecule has 1 unspecified atom stereocenters. The summed E-state index contributed by atoms with van der Waals surface area (Å²) in [5.41, 5.74) is 0.677. The van der Waals surface area contributed by atoms with Gasteiger partial charge in [0, 0.05) is 18.4 Å². The summed E-state index contributed by atoms with van der Waals surface area (Å²) in [6, 6.07) is 11.6. The number of rotatable bonds is 10. The fourth-order valence-electron chi connectivity index (χ4n) is 2.87. The van der Waals surface area contributed by atoms with E-state index in [0.717, 1.165) is 29.4 Å². The smallest absolute Gasteiger partial charge is 0.303 e. The Morgan fingerprint density at radius 2 is 1.72 bits per heavy atom. The number of fused-ring (bicyclic) bond motifs is 1. The van der Waals surface area contributed by atoms with E-state index in [9.17, 15) is 9.59 Å². The highest BCUT2D eigenvalue weighted by atomic mass is 16.5. The number of carboxylic acids is 1. The molecule has 0 radical (unpaired) electrons. The number of aliphatic carboxylic acids is 1. The Morgan fingerprint density at radius 1 is 1.04 bits per heavy atom. The van der Waals surface area contributed by atoms with Gasteiger partial charge in [-0.25, -0.2) is 0 Å². The van der Waals surface area contributed by atoms with Crippen LogP contribution in [-0.2, 0) is 4.79 Å². The third-order valence-electron chi connectivity index (χ3n) is 4.21. The number of hydrogen-bond donors (Lipinski definition) is 1. The van der Waals surface area contributed by atoms with Crippen LogP contribution in [0.4, 0.5) is 0 Å². The summed E-state index contributed by atoms with van der Waals surface area (Å²) in [5.74, 6) is 0.0924. The molecule has 4 heteroatoms. The second-order valence-corrected chi connectivity index (χ2v) is 6.46. The van der Waals surface area contributed by atoms with Crippen LogP contribution in [0.25, 0.3) is 10.8 Å². The molecule has 0 aliphatic carbocycles. The number of ether oxygens (including phenoxy) is 1. The highest BCUT2D eigenvalue weighted by Gasteiger charge is 2.09. The maximum Gasteiger partial charge on any atom is 0.303 e. The second-order valence-electron chi connectivity index (χ2n) is 6.46. The third-order valence-corrected chi connectivity index (χ3v) is 4.21. The minimum absolute atomic E-state index is 0.0594. The van der Waals surface area contributed by atoms with Gasteiger partial charge < -0.3 is 9.84 Å². The van der Waals surface area contributed by atoms with Crippen LogP contribution in [0.15, 0.2) is 36.4 Å². The number of carboxylic acid groups (broad SMARTS) is 1. The van der Waals surface area contributed by atoms with Crippen molar-refractivity contribution >= 4 is 22.5 Å². The lowest BCUT2D eigenvalue weighted by Crippen LogP contribution is -2.10. The van der Waals surface area contributed by atoms with Crippen LogP contribution in [0.1, 0.15) is 62.7 Å². The van der Waals surface area contributed by atoms with Gasteiger partial charge in [0.25, 0.3) is 0 Å². The van der Waals surface area contributed by atoms with Gasteiger partial charge in [-0.15, -0.1) is 0 Å². The first-order valence-electron chi connectivity index (χ1n) is 8.95. The molecule has 0 aliphatic heterocycles. The van der Waals surface area contributed by atoms with Crippen LogP contribution < -0.4 is 4.74 Å². The summed E-state index contributed by atoms with van der Waals surface area (Å²) in [6.07, 6.45) is 3.93. The van der Waals surface area contributed by atoms with E-state index in [1.165, 1.54) is 0 Å². The molecule has 0 aromatic heterocycles. The van der Waals surface area contributed by atoms with Crippen LogP contribution in [0.2, 0.25) is 0 Å². The molecule has 0 spiro atoms. The molecule has 4 nitrogen and oxygen atoms in total. The number of hydrogen-bond acceptors (Lipinski definition) is 3. The molecule has 1 N–H and O–H groups in total.